The molecule has 0 saturated heterocycles. The number of amides is 2. The first-order valence-electron chi connectivity index (χ1n) is 11.9. The summed E-state index contributed by atoms with van der Waals surface area (Å²) >= 11 is 0. The lowest BCUT2D eigenvalue weighted by molar-refractivity contribution is -0.120. The lowest BCUT2D eigenvalue weighted by Crippen LogP contribution is -2.45. The van der Waals surface area contributed by atoms with Gasteiger partial charge in [0.2, 0.25) is 5.91 Å². The summed E-state index contributed by atoms with van der Waals surface area (Å²) in [6, 6.07) is 5.51. The predicted octanol–water partition coefficient (Wildman–Crippen LogP) is 3.64. The largest absolute Gasteiger partial charge is 0.491 e. The number of likely N-dealkylation sites (N-methyl/N-ethyl adjacent to an activating group) is 2. The fourth-order valence-electron chi connectivity index (χ4n) is 4.64. The molecule has 2 aliphatic rings. The Hall–Kier alpha value is -2.12. The van der Waals surface area contributed by atoms with Gasteiger partial charge in [0, 0.05) is 51.0 Å². The minimum Gasteiger partial charge on any atom is -0.491 e. The molecule has 0 bridgehead atoms. The molecule has 178 valence electrons. The number of carbonyl (C=O) groups is 2. The van der Waals surface area contributed by atoms with E-state index < -0.39 is 0 Å². The van der Waals surface area contributed by atoms with Crippen molar-refractivity contribution >= 4 is 17.5 Å². The number of nitrogens with zero attached hydrogens (tertiary/aromatic N) is 2. The molecule has 1 heterocycles. The highest BCUT2D eigenvalue weighted by Crippen LogP contribution is 2.29. The Morgan fingerprint density at radius 3 is 2.53 bits per heavy atom. The molecule has 1 saturated carbocycles. The maximum Gasteiger partial charge on any atom is 0.257 e. The second kappa shape index (κ2) is 11.1. The summed E-state index contributed by atoms with van der Waals surface area (Å²) in [5.74, 6) is 0.789. The van der Waals surface area contributed by atoms with Crippen LogP contribution in [0.15, 0.2) is 18.2 Å². The number of hydrogen-bond donors (Lipinski definition) is 1. The molecular formula is C25H39N3O4. The first kappa shape index (κ1) is 24.5. The van der Waals surface area contributed by atoms with Crippen LogP contribution in [0.2, 0.25) is 0 Å². The molecule has 1 aromatic carbocycles. The molecule has 2 amide bonds. The number of anilines is 1. The number of carbonyl (C=O) groups excluding carboxylic acids is 2. The summed E-state index contributed by atoms with van der Waals surface area (Å²) in [6.45, 7) is 6.05. The van der Waals surface area contributed by atoms with E-state index in [0.29, 0.717) is 30.2 Å². The molecule has 1 aliphatic heterocycles. The van der Waals surface area contributed by atoms with Crippen LogP contribution in [0.4, 0.5) is 5.69 Å². The van der Waals surface area contributed by atoms with E-state index in [1.807, 2.05) is 0 Å². The Morgan fingerprint density at radius 2 is 1.84 bits per heavy atom. The fraction of sp³-hybridized carbons (Fsp3) is 0.680. The van der Waals surface area contributed by atoms with E-state index in [2.05, 4.69) is 31.1 Å². The van der Waals surface area contributed by atoms with Crippen LogP contribution in [0.5, 0.6) is 5.75 Å². The van der Waals surface area contributed by atoms with Crippen molar-refractivity contribution in [2.24, 2.45) is 11.8 Å². The number of benzene rings is 1. The van der Waals surface area contributed by atoms with Gasteiger partial charge in [0.1, 0.15) is 12.4 Å². The van der Waals surface area contributed by atoms with Gasteiger partial charge in [-0.15, -0.1) is 0 Å². The van der Waals surface area contributed by atoms with Gasteiger partial charge in [-0.3, -0.25) is 14.5 Å². The molecular weight excluding hydrogens is 406 g/mol. The van der Waals surface area contributed by atoms with Gasteiger partial charge in [0.15, 0.2) is 0 Å². The summed E-state index contributed by atoms with van der Waals surface area (Å²) in [4.78, 5) is 29.9. The van der Waals surface area contributed by atoms with Crippen LogP contribution in [0.25, 0.3) is 0 Å². The van der Waals surface area contributed by atoms with Crippen LogP contribution in [-0.4, -0.2) is 74.7 Å². The topological polar surface area (TPSA) is 71.1 Å². The molecule has 0 spiro atoms. The third-order valence-corrected chi connectivity index (χ3v) is 7.00. The smallest absolute Gasteiger partial charge is 0.257 e. The van der Waals surface area contributed by atoms with E-state index in [1.165, 1.54) is 6.42 Å². The van der Waals surface area contributed by atoms with Crippen LogP contribution < -0.4 is 10.1 Å². The van der Waals surface area contributed by atoms with Crippen molar-refractivity contribution < 1.29 is 19.1 Å². The van der Waals surface area contributed by atoms with E-state index in [-0.39, 0.29) is 35.8 Å². The van der Waals surface area contributed by atoms with Crippen LogP contribution >= 0.6 is 0 Å². The molecule has 0 aromatic heterocycles. The van der Waals surface area contributed by atoms with Crippen molar-refractivity contribution in [2.75, 3.05) is 46.2 Å². The molecule has 1 aromatic rings. The van der Waals surface area contributed by atoms with Crippen molar-refractivity contribution in [3.8, 4) is 5.75 Å². The molecule has 0 radical (unpaired) electrons. The van der Waals surface area contributed by atoms with Crippen LogP contribution in [0.1, 0.15) is 56.3 Å². The average molecular weight is 446 g/mol. The van der Waals surface area contributed by atoms with E-state index in [9.17, 15) is 9.59 Å². The van der Waals surface area contributed by atoms with Crippen LogP contribution in [0.3, 0.4) is 0 Å². The monoisotopic (exact) mass is 445 g/mol. The van der Waals surface area contributed by atoms with Gasteiger partial charge in [-0.05, 0) is 44.9 Å². The molecule has 3 rings (SSSR count). The highest BCUT2D eigenvalue weighted by atomic mass is 16.5. The maximum atomic E-state index is 13.2. The van der Waals surface area contributed by atoms with Gasteiger partial charge in [0.05, 0.1) is 11.7 Å². The Kier molecular flexibility index (Phi) is 8.54. The molecule has 7 heteroatoms. The molecule has 1 fully saturated rings. The molecule has 32 heavy (non-hydrogen) atoms. The summed E-state index contributed by atoms with van der Waals surface area (Å²) in [6.07, 6.45) is 5.26. The van der Waals surface area contributed by atoms with Crippen LogP contribution in [0, 0.1) is 11.8 Å². The lowest BCUT2D eigenvalue weighted by atomic mass is 9.88. The predicted molar refractivity (Wildman–Crippen MR) is 126 cm³/mol. The lowest BCUT2D eigenvalue weighted by Gasteiger charge is -2.34. The summed E-state index contributed by atoms with van der Waals surface area (Å²) in [5, 5.41) is 3.04. The highest BCUT2D eigenvalue weighted by molar-refractivity contribution is 5.98. The fourth-order valence-corrected chi connectivity index (χ4v) is 4.64. The number of nitrogens with one attached hydrogen (secondary N) is 1. The first-order chi connectivity index (χ1) is 15.3. The Bertz CT molecular complexity index is 793. The van der Waals surface area contributed by atoms with E-state index in [1.54, 1.807) is 37.3 Å². The molecule has 3 atom stereocenters. The summed E-state index contributed by atoms with van der Waals surface area (Å²) in [7, 11) is 5.58. The van der Waals surface area contributed by atoms with E-state index in [0.717, 1.165) is 32.2 Å². The van der Waals surface area contributed by atoms with Crippen molar-refractivity contribution in [1.29, 1.82) is 0 Å². The zero-order valence-electron chi connectivity index (χ0n) is 20.2. The standard InChI is InChI=1S/C25H39N3O4/c1-17-14-27(3)18(2)16-32-22-13-20(26-24(29)19-9-7-6-8-10-19)11-12-21(22)25(30)28(4)15-23(17)31-5/h11-13,17-19,23H,6-10,14-16H2,1-5H3,(H,26,29)/t17-,18-,23+/m1/s1. The van der Waals surface area contributed by atoms with Gasteiger partial charge in [0.25, 0.3) is 5.91 Å². The zero-order valence-corrected chi connectivity index (χ0v) is 20.2. The van der Waals surface area contributed by atoms with Gasteiger partial charge in [-0.2, -0.15) is 0 Å². The third-order valence-electron chi connectivity index (χ3n) is 7.00. The summed E-state index contributed by atoms with van der Waals surface area (Å²) < 4.78 is 11.9. The van der Waals surface area contributed by atoms with Crippen molar-refractivity contribution in [2.45, 2.75) is 58.1 Å². The highest BCUT2D eigenvalue weighted by Gasteiger charge is 2.27. The zero-order chi connectivity index (χ0) is 23.3. The Balaban J connectivity index is 1.84. The normalized spacial score (nSPS) is 26.5. The Labute approximate surface area is 192 Å². The molecule has 1 aliphatic carbocycles. The SMILES string of the molecule is CO[C@H]1CN(C)C(=O)c2ccc(NC(=O)C3CCCCC3)cc2OC[C@@H](C)N(C)C[C@H]1C. The second-order valence-corrected chi connectivity index (χ2v) is 9.57. The Morgan fingerprint density at radius 1 is 1.12 bits per heavy atom. The van der Waals surface area contributed by atoms with Gasteiger partial charge < -0.3 is 19.7 Å². The van der Waals surface area contributed by atoms with Crippen molar-refractivity contribution in [3.63, 3.8) is 0 Å². The second-order valence-electron chi connectivity index (χ2n) is 9.57. The molecule has 1 N–H and O–H groups in total. The summed E-state index contributed by atoms with van der Waals surface area (Å²) in [5.41, 5.74) is 1.17. The van der Waals surface area contributed by atoms with Crippen molar-refractivity contribution in [1.82, 2.24) is 9.80 Å². The average Bonchev–Trinajstić information content (AvgIpc) is 2.80. The third kappa shape index (κ3) is 6.01. The number of rotatable bonds is 3. The number of methoxy groups -OCH3 is 1. The van der Waals surface area contributed by atoms with Crippen LogP contribution in [-0.2, 0) is 9.53 Å². The molecule has 0 unspecified atom stereocenters. The van der Waals surface area contributed by atoms with E-state index >= 15 is 0 Å². The maximum absolute atomic E-state index is 13.2. The number of ether oxygens (including phenoxy) is 2. The minimum atomic E-state index is -0.110. The van der Waals surface area contributed by atoms with Crippen molar-refractivity contribution in [3.05, 3.63) is 23.8 Å². The number of hydrogen-bond acceptors (Lipinski definition) is 5. The van der Waals surface area contributed by atoms with Gasteiger partial charge in [-0.25, -0.2) is 0 Å². The first-order valence-corrected chi connectivity index (χ1v) is 11.9. The quantitative estimate of drug-likeness (QED) is 0.769. The minimum absolute atomic E-state index is 0.0588. The van der Waals surface area contributed by atoms with Gasteiger partial charge >= 0.3 is 0 Å². The van der Waals surface area contributed by atoms with Gasteiger partial charge in [-0.1, -0.05) is 26.2 Å². The molecule has 7 nitrogen and oxygen atoms in total. The number of fused-ring (bicyclic) bond motifs is 1. The van der Waals surface area contributed by atoms with E-state index in [4.69, 9.17) is 9.47 Å².